The van der Waals surface area contributed by atoms with E-state index >= 15 is 0 Å². The van der Waals surface area contributed by atoms with Crippen molar-refractivity contribution in [2.24, 2.45) is 11.8 Å². The molecule has 3 atom stereocenters. The fraction of sp³-hybridized carbons (Fsp3) is 0.400. The Kier molecular flexibility index (Phi) is 3.75. The number of amides is 1. The first kappa shape index (κ1) is 15.2. The predicted octanol–water partition coefficient (Wildman–Crippen LogP) is 4.02. The maximum absolute atomic E-state index is 12.4. The fourth-order valence-electron chi connectivity index (χ4n) is 4.12. The Labute approximate surface area is 142 Å². The van der Waals surface area contributed by atoms with Crippen molar-refractivity contribution in [3.05, 3.63) is 54.4 Å². The van der Waals surface area contributed by atoms with Gasteiger partial charge < -0.3 is 10.2 Å². The standard InChI is InChI=1S/C20H23N3O/c1-13-19(22-16-6-4-3-5-7-16)17-10-11-21-12-18(17)23(14(2)24)20(13)15-8-9-15/h3-7,10-13,15,19-20,22H,8-9H2,1-2H3/t13-,19?,20-/m1/s1. The maximum atomic E-state index is 12.4. The Morgan fingerprint density at radius 1 is 1.21 bits per heavy atom. The number of carbonyl (C=O) groups excluding carboxylic acids is 1. The zero-order chi connectivity index (χ0) is 16.7. The van der Waals surface area contributed by atoms with E-state index in [1.54, 1.807) is 6.92 Å². The Morgan fingerprint density at radius 3 is 2.62 bits per heavy atom. The number of anilines is 2. The summed E-state index contributed by atoms with van der Waals surface area (Å²) < 4.78 is 0. The smallest absolute Gasteiger partial charge is 0.224 e. The molecule has 1 unspecified atom stereocenters. The molecule has 0 bridgehead atoms. The van der Waals surface area contributed by atoms with Crippen LogP contribution in [0.25, 0.3) is 0 Å². The lowest BCUT2D eigenvalue weighted by atomic mass is 9.80. The van der Waals surface area contributed by atoms with Crippen molar-refractivity contribution in [2.75, 3.05) is 10.2 Å². The van der Waals surface area contributed by atoms with E-state index in [2.05, 4.69) is 29.4 Å². The van der Waals surface area contributed by atoms with E-state index in [1.807, 2.05) is 41.6 Å². The van der Waals surface area contributed by atoms with Gasteiger partial charge >= 0.3 is 0 Å². The molecule has 124 valence electrons. The van der Waals surface area contributed by atoms with Crippen LogP contribution in [0.15, 0.2) is 48.8 Å². The number of pyridine rings is 1. The molecule has 24 heavy (non-hydrogen) atoms. The van der Waals surface area contributed by atoms with E-state index in [0.717, 1.165) is 16.9 Å². The third-order valence-electron chi connectivity index (χ3n) is 5.33. The van der Waals surface area contributed by atoms with Crippen LogP contribution >= 0.6 is 0 Å². The Bertz CT molecular complexity index is 742. The summed E-state index contributed by atoms with van der Waals surface area (Å²) in [5.74, 6) is 1.07. The zero-order valence-electron chi connectivity index (χ0n) is 14.1. The summed E-state index contributed by atoms with van der Waals surface area (Å²) in [6.07, 6.45) is 6.09. The molecule has 0 radical (unpaired) electrons. The highest BCUT2D eigenvalue weighted by molar-refractivity contribution is 5.94. The minimum Gasteiger partial charge on any atom is -0.378 e. The zero-order valence-corrected chi connectivity index (χ0v) is 14.1. The lowest BCUT2D eigenvalue weighted by Crippen LogP contribution is -2.51. The Morgan fingerprint density at radius 2 is 1.96 bits per heavy atom. The number of benzene rings is 1. The van der Waals surface area contributed by atoms with Gasteiger partial charge in [-0.3, -0.25) is 9.78 Å². The highest BCUT2D eigenvalue weighted by Gasteiger charge is 2.47. The van der Waals surface area contributed by atoms with Crippen LogP contribution in [-0.2, 0) is 4.79 Å². The van der Waals surface area contributed by atoms with Crippen LogP contribution in [-0.4, -0.2) is 16.9 Å². The molecule has 2 aliphatic rings. The van der Waals surface area contributed by atoms with Crippen molar-refractivity contribution in [1.82, 2.24) is 4.98 Å². The van der Waals surface area contributed by atoms with Crippen molar-refractivity contribution in [1.29, 1.82) is 0 Å². The Hall–Kier alpha value is -2.36. The molecule has 2 aromatic rings. The summed E-state index contributed by atoms with van der Waals surface area (Å²) >= 11 is 0. The first-order chi connectivity index (χ1) is 11.7. The van der Waals surface area contributed by atoms with E-state index in [0.29, 0.717) is 11.8 Å². The van der Waals surface area contributed by atoms with Crippen molar-refractivity contribution >= 4 is 17.3 Å². The minimum atomic E-state index is 0.117. The van der Waals surface area contributed by atoms with Gasteiger partial charge in [0.25, 0.3) is 0 Å². The molecule has 1 aromatic heterocycles. The Balaban J connectivity index is 1.78. The minimum absolute atomic E-state index is 0.117. The van der Waals surface area contributed by atoms with Gasteiger partial charge in [0.05, 0.1) is 17.9 Å². The van der Waals surface area contributed by atoms with Crippen LogP contribution in [0, 0.1) is 11.8 Å². The third kappa shape index (κ3) is 2.56. The molecule has 4 nitrogen and oxygen atoms in total. The average molecular weight is 321 g/mol. The second-order valence-corrected chi connectivity index (χ2v) is 7.00. The molecule has 1 aliphatic carbocycles. The van der Waals surface area contributed by atoms with Crippen LogP contribution in [0.5, 0.6) is 0 Å². The van der Waals surface area contributed by atoms with Crippen LogP contribution in [0.1, 0.15) is 38.3 Å². The van der Waals surface area contributed by atoms with Gasteiger partial charge in [-0.2, -0.15) is 0 Å². The van der Waals surface area contributed by atoms with E-state index in [4.69, 9.17) is 0 Å². The highest BCUT2D eigenvalue weighted by atomic mass is 16.2. The van der Waals surface area contributed by atoms with Gasteiger partial charge in [0.2, 0.25) is 5.91 Å². The number of hydrogen-bond donors (Lipinski definition) is 1. The molecule has 4 heteroatoms. The SMILES string of the molecule is CC(=O)N1c2cnccc2C(Nc2ccccc2)[C@@H](C)[C@@H]1C1CC1. The largest absolute Gasteiger partial charge is 0.378 e. The summed E-state index contributed by atoms with van der Waals surface area (Å²) in [5.41, 5.74) is 3.24. The van der Waals surface area contributed by atoms with Gasteiger partial charge in [-0.25, -0.2) is 0 Å². The molecule has 1 amide bonds. The van der Waals surface area contributed by atoms with Gasteiger partial charge in [-0.05, 0) is 37.0 Å². The van der Waals surface area contributed by atoms with Crippen molar-refractivity contribution in [2.45, 2.75) is 38.8 Å². The normalized spacial score (nSPS) is 25.9. The summed E-state index contributed by atoms with van der Waals surface area (Å²) in [5, 5.41) is 3.69. The molecule has 4 rings (SSSR count). The number of fused-ring (bicyclic) bond motifs is 1. The first-order valence-electron chi connectivity index (χ1n) is 8.72. The van der Waals surface area contributed by atoms with E-state index in [-0.39, 0.29) is 18.0 Å². The fourth-order valence-corrected chi connectivity index (χ4v) is 4.12. The predicted molar refractivity (Wildman–Crippen MR) is 95.9 cm³/mol. The first-order valence-corrected chi connectivity index (χ1v) is 8.72. The summed E-state index contributed by atoms with van der Waals surface area (Å²) in [6.45, 7) is 3.94. The number of hydrogen-bond acceptors (Lipinski definition) is 3. The number of rotatable bonds is 3. The van der Waals surface area contributed by atoms with Gasteiger partial charge in [0.15, 0.2) is 0 Å². The van der Waals surface area contributed by atoms with Crippen molar-refractivity contribution in [3.63, 3.8) is 0 Å². The monoisotopic (exact) mass is 321 g/mol. The van der Waals surface area contributed by atoms with Gasteiger partial charge in [-0.1, -0.05) is 25.1 Å². The second-order valence-electron chi connectivity index (χ2n) is 7.00. The molecule has 1 N–H and O–H groups in total. The van der Waals surface area contributed by atoms with Gasteiger partial charge in [0.1, 0.15) is 0 Å². The molecule has 1 saturated carbocycles. The van der Waals surface area contributed by atoms with Gasteiger partial charge in [-0.15, -0.1) is 0 Å². The second kappa shape index (κ2) is 5.93. The number of carbonyl (C=O) groups is 1. The van der Waals surface area contributed by atoms with E-state index in [1.165, 1.54) is 12.8 Å². The van der Waals surface area contributed by atoms with Crippen LogP contribution in [0.2, 0.25) is 0 Å². The van der Waals surface area contributed by atoms with Crippen LogP contribution < -0.4 is 10.2 Å². The van der Waals surface area contributed by atoms with Crippen LogP contribution in [0.4, 0.5) is 11.4 Å². The molecule has 0 spiro atoms. The van der Waals surface area contributed by atoms with Gasteiger partial charge in [0, 0.05) is 36.3 Å². The number of para-hydroxylation sites is 1. The lowest BCUT2D eigenvalue weighted by Gasteiger charge is -2.45. The molecule has 0 saturated heterocycles. The molecular formula is C20H23N3O. The molecule has 1 aliphatic heterocycles. The highest BCUT2D eigenvalue weighted by Crippen LogP contribution is 2.49. The van der Waals surface area contributed by atoms with Crippen molar-refractivity contribution in [3.8, 4) is 0 Å². The molecule has 1 fully saturated rings. The van der Waals surface area contributed by atoms with E-state index in [9.17, 15) is 4.79 Å². The summed E-state index contributed by atoms with van der Waals surface area (Å²) in [4.78, 5) is 18.7. The number of aromatic nitrogens is 1. The lowest BCUT2D eigenvalue weighted by molar-refractivity contribution is -0.117. The van der Waals surface area contributed by atoms with Crippen molar-refractivity contribution < 1.29 is 4.79 Å². The summed E-state index contributed by atoms with van der Waals surface area (Å²) in [6, 6.07) is 12.8. The maximum Gasteiger partial charge on any atom is 0.224 e. The van der Waals surface area contributed by atoms with Crippen LogP contribution in [0.3, 0.4) is 0 Å². The van der Waals surface area contributed by atoms with E-state index < -0.39 is 0 Å². The molecular weight excluding hydrogens is 298 g/mol. The third-order valence-corrected chi connectivity index (χ3v) is 5.33. The average Bonchev–Trinajstić information content (AvgIpc) is 3.42. The molecule has 1 aromatic carbocycles. The number of nitrogens with zero attached hydrogens (tertiary/aromatic N) is 2. The topological polar surface area (TPSA) is 45.2 Å². The number of nitrogens with one attached hydrogen (secondary N) is 1. The quantitative estimate of drug-likeness (QED) is 0.929. The summed E-state index contributed by atoms with van der Waals surface area (Å²) in [7, 11) is 0. The molecule has 2 heterocycles.